The van der Waals surface area contributed by atoms with E-state index in [2.05, 4.69) is 23.9 Å². The van der Waals surface area contributed by atoms with Crippen LogP contribution in [0.25, 0.3) is 0 Å². The summed E-state index contributed by atoms with van der Waals surface area (Å²) in [5.74, 6) is 0. The lowest BCUT2D eigenvalue weighted by Crippen LogP contribution is -2.28. The first-order valence-corrected chi connectivity index (χ1v) is 3.66. The number of hydrogen-bond donors (Lipinski definition) is 1. The highest BCUT2D eigenvalue weighted by molar-refractivity contribution is 4.70. The van der Waals surface area contributed by atoms with Crippen molar-refractivity contribution in [2.24, 2.45) is 11.1 Å². The van der Waals surface area contributed by atoms with Crippen LogP contribution >= 0.6 is 0 Å². The highest BCUT2D eigenvalue weighted by atomic mass is 15.3. The first-order valence-electron chi connectivity index (χ1n) is 3.66. The first kappa shape index (κ1) is 8.20. The van der Waals surface area contributed by atoms with Gasteiger partial charge in [-0.05, 0) is 12.0 Å². The second-order valence-electron chi connectivity index (χ2n) is 3.46. The van der Waals surface area contributed by atoms with E-state index in [4.69, 9.17) is 5.73 Å². The molecule has 1 heterocycles. The second kappa shape index (κ2) is 3.00. The monoisotopic (exact) mass is 154 g/mol. The summed E-state index contributed by atoms with van der Waals surface area (Å²) in [6, 6.07) is 0. The van der Waals surface area contributed by atoms with Gasteiger partial charge in [0.1, 0.15) is 12.7 Å². The van der Waals surface area contributed by atoms with Crippen LogP contribution in [-0.2, 0) is 6.54 Å². The van der Waals surface area contributed by atoms with Crippen molar-refractivity contribution in [1.29, 1.82) is 0 Å². The Balaban J connectivity index is 2.56. The van der Waals surface area contributed by atoms with E-state index >= 15 is 0 Å². The molecule has 0 saturated carbocycles. The minimum Gasteiger partial charge on any atom is -0.330 e. The zero-order valence-corrected chi connectivity index (χ0v) is 6.99. The number of hydrogen-bond acceptors (Lipinski definition) is 3. The number of nitrogens with two attached hydrogens (primary N) is 1. The van der Waals surface area contributed by atoms with Crippen molar-refractivity contribution in [3.63, 3.8) is 0 Å². The van der Waals surface area contributed by atoms with Crippen LogP contribution in [0.4, 0.5) is 0 Å². The smallest absolute Gasteiger partial charge is 0.137 e. The second-order valence-corrected chi connectivity index (χ2v) is 3.46. The lowest BCUT2D eigenvalue weighted by molar-refractivity contribution is 0.301. The Hall–Kier alpha value is -0.900. The molecule has 0 atom stereocenters. The lowest BCUT2D eigenvalue weighted by atomic mass is 9.94. The maximum Gasteiger partial charge on any atom is 0.137 e. The minimum atomic E-state index is 0.105. The molecule has 2 N–H and O–H groups in total. The fourth-order valence-corrected chi connectivity index (χ4v) is 0.817. The van der Waals surface area contributed by atoms with Crippen molar-refractivity contribution >= 4 is 0 Å². The minimum absolute atomic E-state index is 0.105. The summed E-state index contributed by atoms with van der Waals surface area (Å²) in [7, 11) is 0. The maximum atomic E-state index is 5.56. The van der Waals surface area contributed by atoms with Gasteiger partial charge in [0.15, 0.2) is 0 Å². The predicted octanol–water partition coefficient (Wildman–Crippen LogP) is 0.263. The lowest BCUT2D eigenvalue weighted by Gasteiger charge is -2.21. The summed E-state index contributed by atoms with van der Waals surface area (Å²) < 4.78 is 1.80. The van der Waals surface area contributed by atoms with Gasteiger partial charge in [-0.15, -0.1) is 0 Å². The number of rotatable bonds is 3. The molecule has 0 radical (unpaired) electrons. The Labute approximate surface area is 66.4 Å². The van der Waals surface area contributed by atoms with Gasteiger partial charge >= 0.3 is 0 Å². The van der Waals surface area contributed by atoms with Crippen LogP contribution in [0.2, 0.25) is 0 Å². The maximum absolute atomic E-state index is 5.56. The van der Waals surface area contributed by atoms with Gasteiger partial charge in [-0.3, -0.25) is 4.68 Å². The molecule has 1 aromatic rings. The molecular formula is C7H14N4. The zero-order valence-electron chi connectivity index (χ0n) is 6.99. The SMILES string of the molecule is CC(C)(CN)Cn1cncn1. The van der Waals surface area contributed by atoms with Crippen molar-refractivity contribution in [1.82, 2.24) is 14.8 Å². The van der Waals surface area contributed by atoms with Crippen LogP contribution in [-0.4, -0.2) is 21.3 Å². The van der Waals surface area contributed by atoms with Crippen molar-refractivity contribution in [3.05, 3.63) is 12.7 Å². The van der Waals surface area contributed by atoms with E-state index in [-0.39, 0.29) is 5.41 Å². The van der Waals surface area contributed by atoms with Crippen LogP contribution < -0.4 is 5.73 Å². The van der Waals surface area contributed by atoms with Crippen molar-refractivity contribution in [3.8, 4) is 0 Å². The molecule has 4 heteroatoms. The highest BCUT2D eigenvalue weighted by Crippen LogP contribution is 2.14. The number of nitrogens with zero attached hydrogens (tertiary/aromatic N) is 3. The van der Waals surface area contributed by atoms with Crippen molar-refractivity contribution in [2.45, 2.75) is 20.4 Å². The standard InChI is InChI=1S/C7H14N4/c1-7(2,3-8)4-11-6-9-5-10-11/h5-6H,3-4,8H2,1-2H3. The molecule has 11 heavy (non-hydrogen) atoms. The fraction of sp³-hybridized carbons (Fsp3) is 0.714. The van der Waals surface area contributed by atoms with Gasteiger partial charge < -0.3 is 5.73 Å². The van der Waals surface area contributed by atoms with Gasteiger partial charge in [0.25, 0.3) is 0 Å². The Kier molecular flexibility index (Phi) is 2.24. The largest absolute Gasteiger partial charge is 0.330 e. The van der Waals surface area contributed by atoms with Crippen molar-refractivity contribution < 1.29 is 0 Å². The van der Waals surface area contributed by atoms with E-state index in [1.54, 1.807) is 11.0 Å². The summed E-state index contributed by atoms with van der Waals surface area (Å²) in [4.78, 5) is 3.85. The molecule has 0 unspecified atom stereocenters. The molecule has 0 amide bonds. The van der Waals surface area contributed by atoms with E-state index in [1.165, 1.54) is 6.33 Å². The molecule has 62 valence electrons. The van der Waals surface area contributed by atoms with Gasteiger partial charge in [-0.2, -0.15) is 5.10 Å². The van der Waals surface area contributed by atoms with Gasteiger partial charge in [-0.1, -0.05) is 13.8 Å². The molecule has 1 rings (SSSR count). The fourth-order valence-electron chi connectivity index (χ4n) is 0.817. The van der Waals surface area contributed by atoms with Gasteiger partial charge in [0, 0.05) is 6.54 Å². The van der Waals surface area contributed by atoms with Crippen LogP contribution in [0.3, 0.4) is 0 Å². The number of aromatic nitrogens is 3. The van der Waals surface area contributed by atoms with E-state index in [9.17, 15) is 0 Å². The summed E-state index contributed by atoms with van der Waals surface area (Å²) in [5.41, 5.74) is 5.67. The molecule has 0 spiro atoms. The molecule has 0 aromatic carbocycles. The highest BCUT2D eigenvalue weighted by Gasteiger charge is 2.16. The Morgan fingerprint density at radius 2 is 2.27 bits per heavy atom. The van der Waals surface area contributed by atoms with E-state index in [0.717, 1.165) is 6.54 Å². The van der Waals surface area contributed by atoms with Crippen LogP contribution in [0.15, 0.2) is 12.7 Å². The molecule has 0 aliphatic heterocycles. The molecule has 0 bridgehead atoms. The third-order valence-corrected chi connectivity index (χ3v) is 1.61. The van der Waals surface area contributed by atoms with Crippen molar-refractivity contribution in [2.75, 3.05) is 6.54 Å². The Morgan fingerprint density at radius 3 is 2.73 bits per heavy atom. The van der Waals surface area contributed by atoms with E-state index in [0.29, 0.717) is 6.54 Å². The normalized spacial score (nSPS) is 11.9. The Morgan fingerprint density at radius 1 is 1.55 bits per heavy atom. The molecule has 4 nitrogen and oxygen atoms in total. The topological polar surface area (TPSA) is 56.7 Å². The summed E-state index contributed by atoms with van der Waals surface area (Å²) in [6.07, 6.45) is 3.24. The average molecular weight is 154 g/mol. The summed E-state index contributed by atoms with van der Waals surface area (Å²) in [5, 5.41) is 4.00. The molecule has 0 aliphatic carbocycles. The van der Waals surface area contributed by atoms with Crippen LogP contribution in [0, 0.1) is 5.41 Å². The molecule has 1 aromatic heterocycles. The third kappa shape index (κ3) is 2.31. The van der Waals surface area contributed by atoms with E-state index in [1.807, 2.05) is 0 Å². The molecular weight excluding hydrogens is 140 g/mol. The third-order valence-electron chi connectivity index (χ3n) is 1.61. The van der Waals surface area contributed by atoms with Gasteiger partial charge in [0.05, 0.1) is 0 Å². The van der Waals surface area contributed by atoms with Crippen LogP contribution in [0.5, 0.6) is 0 Å². The van der Waals surface area contributed by atoms with Crippen LogP contribution in [0.1, 0.15) is 13.8 Å². The summed E-state index contributed by atoms with van der Waals surface area (Å²) >= 11 is 0. The zero-order chi connectivity index (χ0) is 8.32. The van der Waals surface area contributed by atoms with Gasteiger partial charge in [-0.25, -0.2) is 4.98 Å². The predicted molar refractivity (Wildman–Crippen MR) is 42.9 cm³/mol. The van der Waals surface area contributed by atoms with E-state index < -0.39 is 0 Å². The quantitative estimate of drug-likeness (QED) is 0.679. The molecule has 0 saturated heterocycles. The molecule has 0 fully saturated rings. The Bertz CT molecular complexity index is 202. The average Bonchev–Trinajstić information content (AvgIpc) is 2.39. The summed E-state index contributed by atoms with van der Waals surface area (Å²) in [6.45, 7) is 5.69. The first-order chi connectivity index (χ1) is 5.14. The molecule has 0 aliphatic rings. The van der Waals surface area contributed by atoms with Gasteiger partial charge in [0.2, 0.25) is 0 Å².